The Balaban J connectivity index is 1.46. The maximum Gasteiger partial charge on any atom is 0.232 e. The number of aliphatic hydroxyl groups is 1. The number of fused-ring (bicyclic) bond motifs is 2. The number of hydrogen-bond donors (Lipinski definition) is 1. The van der Waals surface area contributed by atoms with Gasteiger partial charge in [0, 0.05) is 40.3 Å². The van der Waals surface area contributed by atoms with E-state index in [1.54, 1.807) is 19.1 Å². The van der Waals surface area contributed by atoms with Gasteiger partial charge in [-0.15, -0.1) is 0 Å². The Morgan fingerprint density at radius 2 is 1.76 bits per heavy atom. The van der Waals surface area contributed by atoms with E-state index in [1.807, 2.05) is 14.0 Å². The van der Waals surface area contributed by atoms with E-state index in [2.05, 4.69) is 48.4 Å². The minimum atomic E-state index is -0.667. The van der Waals surface area contributed by atoms with Gasteiger partial charge in [0.2, 0.25) is 5.91 Å². The van der Waals surface area contributed by atoms with E-state index < -0.39 is 11.0 Å². The Morgan fingerprint density at radius 3 is 2.35 bits per heavy atom. The highest BCUT2D eigenvalue weighted by atomic mass is 16.5. The molecule has 2 bridgehead atoms. The van der Waals surface area contributed by atoms with Gasteiger partial charge >= 0.3 is 0 Å². The second-order valence-electron chi connectivity index (χ2n) is 10.7. The molecule has 0 saturated heterocycles. The summed E-state index contributed by atoms with van der Waals surface area (Å²) in [7, 11) is 7.18. The number of carbonyl (C=O) groups excluding carboxylic acids is 1. The summed E-state index contributed by atoms with van der Waals surface area (Å²) >= 11 is 0. The highest BCUT2D eigenvalue weighted by Gasteiger charge is 2.46. The first kappa shape index (κ1) is 26.9. The summed E-state index contributed by atoms with van der Waals surface area (Å²) in [5.74, 6) is 0.743. The van der Waals surface area contributed by atoms with Crippen LogP contribution in [0.25, 0.3) is 5.57 Å². The third kappa shape index (κ3) is 6.28. The minimum Gasteiger partial charge on any atom is -0.389 e. The van der Waals surface area contributed by atoms with Crippen molar-refractivity contribution in [2.45, 2.75) is 44.6 Å². The van der Waals surface area contributed by atoms with Crippen molar-refractivity contribution < 1.29 is 19.4 Å². The van der Waals surface area contributed by atoms with Crippen molar-refractivity contribution in [1.29, 1.82) is 0 Å². The molecule has 34 heavy (non-hydrogen) atoms. The smallest absolute Gasteiger partial charge is 0.232 e. The molecule has 6 nitrogen and oxygen atoms in total. The molecule has 1 aromatic rings. The summed E-state index contributed by atoms with van der Waals surface area (Å²) in [5.41, 5.74) is 1.46. The highest BCUT2D eigenvalue weighted by Crippen LogP contribution is 2.51. The first-order valence-electron chi connectivity index (χ1n) is 12.6. The van der Waals surface area contributed by atoms with Crippen molar-refractivity contribution in [1.82, 2.24) is 9.80 Å². The van der Waals surface area contributed by atoms with E-state index in [1.165, 1.54) is 17.6 Å². The molecule has 4 rings (SSSR count). The first-order valence-corrected chi connectivity index (χ1v) is 12.6. The third-order valence-electron chi connectivity index (χ3n) is 7.79. The lowest BCUT2D eigenvalue weighted by Crippen LogP contribution is -2.48. The summed E-state index contributed by atoms with van der Waals surface area (Å²) in [6, 6.07) is 10.6. The Kier molecular flexibility index (Phi) is 9.33. The van der Waals surface area contributed by atoms with Crippen LogP contribution in [-0.2, 0) is 14.3 Å². The Hall–Kier alpha value is -1.73. The fourth-order valence-corrected chi connectivity index (χ4v) is 5.87. The van der Waals surface area contributed by atoms with E-state index in [4.69, 9.17) is 9.47 Å². The summed E-state index contributed by atoms with van der Waals surface area (Å²) in [5, 5.41) is 11.5. The van der Waals surface area contributed by atoms with E-state index >= 15 is 0 Å². The molecule has 0 aliphatic heterocycles. The zero-order valence-corrected chi connectivity index (χ0v) is 21.8. The standard InChI is InChI=1S/C28H44N2O4/c1-27(20-33-4,21-34-5)26(31)30(3)16-9-15-29(2)17-14-28(32)19-23-12-13-24(28)18-25(23)22-10-7-6-8-11-22/h6-8,10-11,18,23-24,32H,9,12-17,19-21H2,1-5H3/t23-,24+,28-/m1/s1. The van der Waals surface area contributed by atoms with Crippen molar-refractivity contribution in [3.05, 3.63) is 42.0 Å². The highest BCUT2D eigenvalue weighted by molar-refractivity contribution is 5.82. The van der Waals surface area contributed by atoms with E-state index in [0.29, 0.717) is 25.7 Å². The van der Waals surface area contributed by atoms with Crippen molar-refractivity contribution in [2.24, 2.45) is 17.3 Å². The summed E-state index contributed by atoms with van der Waals surface area (Å²) < 4.78 is 10.5. The monoisotopic (exact) mass is 472 g/mol. The van der Waals surface area contributed by atoms with Crippen molar-refractivity contribution in [2.75, 3.05) is 61.2 Å². The number of methoxy groups -OCH3 is 2. The average molecular weight is 473 g/mol. The normalized spacial score (nSPS) is 24.4. The summed E-state index contributed by atoms with van der Waals surface area (Å²) in [6.45, 7) is 5.00. The molecule has 1 amide bonds. The maximum atomic E-state index is 12.9. The van der Waals surface area contributed by atoms with Crippen LogP contribution < -0.4 is 0 Å². The third-order valence-corrected chi connectivity index (χ3v) is 7.79. The topological polar surface area (TPSA) is 62.2 Å². The number of rotatable bonds is 13. The van der Waals surface area contributed by atoms with Crippen molar-refractivity contribution in [3.63, 3.8) is 0 Å². The molecule has 3 aliphatic rings. The van der Waals surface area contributed by atoms with Crippen LogP contribution in [0, 0.1) is 17.3 Å². The van der Waals surface area contributed by atoms with E-state index in [0.717, 1.165) is 38.8 Å². The first-order chi connectivity index (χ1) is 16.2. The Labute approximate surface area is 205 Å². The van der Waals surface area contributed by atoms with Gasteiger partial charge in [0.05, 0.1) is 24.2 Å². The van der Waals surface area contributed by atoms with Crippen LogP contribution >= 0.6 is 0 Å². The lowest BCUT2D eigenvalue weighted by molar-refractivity contribution is -0.146. The summed E-state index contributed by atoms with van der Waals surface area (Å²) in [4.78, 5) is 17.0. The number of hydrogen-bond acceptors (Lipinski definition) is 5. The fraction of sp³-hybridized carbons (Fsp3) is 0.679. The lowest BCUT2D eigenvalue weighted by atomic mass is 9.61. The van der Waals surface area contributed by atoms with Crippen molar-refractivity contribution >= 4 is 11.5 Å². The number of ether oxygens (including phenoxy) is 2. The van der Waals surface area contributed by atoms with Crippen LogP contribution in [0.3, 0.4) is 0 Å². The van der Waals surface area contributed by atoms with Gasteiger partial charge in [-0.25, -0.2) is 0 Å². The SMILES string of the molecule is COCC(C)(COC)C(=O)N(C)CCCN(C)CC[C@@]1(O)C[C@H]2CC[C@H]1C=C2c1ccccc1. The zero-order valence-electron chi connectivity index (χ0n) is 21.8. The molecule has 1 fully saturated rings. The predicted molar refractivity (Wildman–Crippen MR) is 136 cm³/mol. The Morgan fingerprint density at radius 1 is 1.09 bits per heavy atom. The van der Waals surface area contributed by atoms with Crippen LogP contribution in [-0.4, -0.2) is 87.6 Å². The summed E-state index contributed by atoms with van der Waals surface area (Å²) in [6.07, 6.45) is 7.14. The Bertz CT molecular complexity index is 821. The molecule has 1 aromatic carbocycles. The second kappa shape index (κ2) is 11.8. The molecule has 0 unspecified atom stereocenters. The lowest BCUT2D eigenvalue weighted by Gasteiger charge is -2.48. The molecule has 0 heterocycles. The maximum absolute atomic E-state index is 12.9. The predicted octanol–water partition coefficient (Wildman–Crippen LogP) is 3.70. The van der Waals surface area contributed by atoms with Gasteiger partial charge < -0.3 is 24.4 Å². The molecule has 3 atom stereocenters. The molecule has 0 spiro atoms. The van der Waals surface area contributed by atoms with Crippen LogP contribution in [0.15, 0.2) is 36.4 Å². The molecule has 3 aliphatic carbocycles. The molecule has 190 valence electrons. The fourth-order valence-electron chi connectivity index (χ4n) is 5.87. The van der Waals surface area contributed by atoms with Crippen molar-refractivity contribution in [3.8, 4) is 0 Å². The van der Waals surface area contributed by atoms with Crippen LogP contribution in [0.5, 0.6) is 0 Å². The number of nitrogens with zero attached hydrogens (tertiary/aromatic N) is 2. The van der Waals surface area contributed by atoms with Gasteiger partial charge in [0.1, 0.15) is 0 Å². The molecule has 6 heteroatoms. The van der Waals surface area contributed by atoms with Crippen LogP contribution in [0.1, 0.15) is 44.6 Å². The van der Waals surface area contributed by atoms with Gasteiger partial charge in [-0.2, -0.15) is 0 Å². The number of amides is 1. The second-order valence-corrected chi connectivity index (χ2v) is 10.7. The minimum absolute atomic E-state index is 0.0485. The molecular weight excluding hydrogens is 428 g/mol. The molecule has 1 N–H and O–H groups in total. The molecule has 1 saturated carbocycles. The van der Waals surface area contributed by atoms with Gasteiger partial charge in [-0.05, 0) is 69.7 Å². The van der Waals surface area contributed by atoms with E-state index in [9.17, 15) is 9.90 Å². The van der Waals surface area contributed by atoms with Crippen LogP contribution in [0.2, 0.25) is 0 Å². The van der Waals surface area contributed by atoms with Gasteiger partial charge in [0.15, 0.2) is 0 Å². The van der Waals surface area contributed by atoms with Gasteiger partial charge in [-0.3, -0.25) is 4.79 Å². The number of carbonyl (C=O) groups is 1. The van der Waals surface area contributed by atoms with Crippen LogP contribution in [0.4, 0.5) is 0 Å². The molecule has 0 radical (unpaired) electrons. The van der Waals surface area contributed by atoms with E-state index in [-0.39, 0.29) is 11.8 Å². The van der Waals surface area contributed by atoms with Gasteiger partial charge in [-0.1, -0.05) is 36.4 Å². The largest absolute Gasteiger partial charge is 0.389 e. The molecule has 0 aromatic heterocycles. The number of allylic oxidation sites excluding steroid dienone is 1. The zero-order chi connectivity index (χ0) is 24.8. The average Bonchev–Trinajstić information content (AvgIpc) is 2.83. The quantitative estimate of drug-likeness (QED) is 0.474. The number of benzene rings is 1. The van der Waals surface area contributed by atoms with Gasteiger partial charge in [0.25, 0.3) is 0 Å². The molecular formula is C28H44N2O4.